The third kappa shape index (κ3) is 4.63. The highest BCUT2D eigenvalue weighted by Gasteiger charge is 2.19. The number of hydrogen-bond acceptors (Lipinski definition) is 2. The molecule has 122 valence electrons. The first-order chi connectivity index (χ1) is 11.0. The predicted octanol–water partition coefficient (Wildman–Crippen LogP) is 3.85. The van der Waals surface area contributed by atoms with E-state index in [9.17, 15) is 9.18 Å². The van der Waals surface area contributed by atoms with E-state index in [-0.39, 0.29) is 17.6 Å². The number of para-hydroxylation sites is 1. The maximum absolute atomic E-state index is 13.6. The number of aryl methyl sites for hydroxylation is 1. The number of halogens is 1. The average Bonchev–Trinajstić information content (AvgIpc) is 2.56. The zero-order valence-electron chi connectivity index (χ0n) is 13.8. The number of anilines is 1. The molecule has 2 aromatic carbocycles. The van der Waals surface area contributed by atoms with Gasteiger partial charge >= 0.3 is 0 Å². The van der Waals surface area contributed by atoms with Crippen molar-refractivity contribution in [1.82, 2.24) is 4.90 Å². The summed E-state index contributed by atoms with van der Waals surface area (Å²) in [4.78, 5) is 14.2. The molecule has 23 heavy (non-hydrogen) atoms. The molecule has 1 atom stereocenters. The van der Waals surface area contributed by atoms with Crippen molar-refractivity contribution in [2.24, 2.45) is 0 Å². The van der Waals surface area contributed by atoms with Crippen LogP contribution in [0.25, 0.3) is 0 Å². The summed E-state index contributed by atoms with van der Waals surface area (Å²) in [5, 5.41) is 2.64. The Labute approximate surface area is 137 Å². The molecule has 1 N–H and O–H groups in total. The van der Waals surface area contributed by atoms with Crippen LogP contribution in [0.15, 0.2) is 48.5 Å². The van der Waals surface area contributed by atoms with Gasteiger partial charge in [-0.3, -0.25) is 9.69 Å². The van der Waals surface area contributed by atoms with Gasteiger partial charge in [0.25, 0.3) is 0 Å². The second-order valence-electron chi connectivity index (χ2n) is 5.73. The van der Waals surface area contributed by atoms with Crippen molar-refractivity contribution < 1.29 is 9.18 Å². The maximum atomic E-state index is 13.6. The summed E-state index contributed by atoms with van der Waals surface area (Å²) >= 11 is 0. The van der Waals surface area contributed by atoms with Gasteiger partial charge in [0.2, 0.25) is 5.91 Å². The van der Waals surface area contributed by atoms with Crippen LogP contribution in [0.1, 0.15) is 25.0 Å². The van der Waals surface area contributed by atoms with Gasteiger partial charge in [-0.25, -0.2) is 4.39 Å². The first-order valence-corrected chi connectivity index (χ1v) is 7.84. The highest BCUT2D eigenvalue weighted by molar-refractivity contribution is 5.94. The maximum Gasteiger partial charge on any atom is 0.241 e. The lowest BCUT2D eigenvalue weighted by Gasteiger charge is -2.24. The van der Waals surface area contributed by atoms with E-state index in [1.165, 1.54) is 11.6 Å². The van der Waals surface area contributed by atoms with Crippen LogP contribution in [-0.4, -0.2) is 23.9 Å². The van der Waals surface area contributed by atoms with Crippen molar-refractivity contribution in [2.45, 2.75) is 32.9 Å². The fourth-order valence-electron chi connectivity index (χ4n) is 2.31. The van der Waals surface area contributed by atoms with Crippen LogP contribution in [0, 0.1) is 5.82 Å². The number of carbonyl (C=O) groups is 1. The molecule has 0 fully saturated rings. The smallest absolute Gasteiger partial charge is 0.241 e. The molecule has 0 aliphatic carbocycles. The normalized spacial score (nSPS) is 12.2. The van der Waals surface area contributed by atoms with Gasteiger partial charge in [0.1, 0.15) is 5.82 Å². The van der Waals surface area contributed by atoms with Crippen molar-refractivity contribution in [3.05, 3.63) is 65.5 Å². The summed E-state index contributed by atoms with van der Waals surface area (Å²) in [7, 11) is 1.89. The van der Waals surface area contributed by atoms with Crippen LogP contribution in [0.3, 0.4) is 0 Å². The van der Waals surface area contributed by atoms with Crippen molar-refractivity contribution >= 4 is 11.6 Å². The Bertz CT molecular complexity index is 655. The zero-order valence-corrected chi connectivity index (χ0v) is 13.8. The molecule has 0 spiro atoms. The van der Waals surface area contributed by atoms with Crippen molar-refractivity contribution in [3.63, 3.8) is 0 Å². The quantitative estimate of drug-likeness (QED) is 0.878. The number of rotatable bonds is 6. The first-order valence-electron chi connectivity index (χ1n) is 7.84. The standard InChI is InChI=1S/C19H23FN2O/c1-4-15-9-11-16(12-10-15)13-22(3)14(2)19(23)21-18-8-6-5-7-17(18)20/h5-12,14H,4,13H2,1-3H3,(H,21,23)/t14-/m1/s1. The zero-order chi connectivity index (χ0) is 16.8. The molecular formula is C19H23FN2O. The lowest BCUT2D eigenvalue weighted by Crippen LogP contribution is -2.39. The molecule has 2 rings (SSSR count). The SMILES string of the molecule is CCc1ccc(CN(C)[C@H](C)C(=O)Nc2ccccc2F)cc1. The van der Waals surface area contributed by atoms with Gasteiger partial charge in [0.15, 0.2) is 0 Å². The lowest BCUT2D eigenvalue weighted by atomic mass is 10.1. The van der Waals surface area contributed by atoms with Crippen LogP contribution >= 0.6 is 0 Å². The van der Waals surface area contributed by atoms with Crippen LogP contribution in [0.5, 0.6) is 0 Å². The van der Waals surface area contributed by atoms with E-state index in [2.05, 4.69) is 36.5 Å². The molecule has 4 heteroatoms. The number of benzene rings is 2. The number of likely N-dealkylation sites (N-methyl/N-ethyl adjacent to an activating group) is 1. The summed E-state index contributed by atoms with van der Waals surface area (Å²) in [6.45, 7) is 4.60. The molecule has 0 radical (unpaired) electrons. The van der Waals surface area contributed by atoms with E-state index >= 15 is 0 Å². The third-order valence-electron chi connectivity index (χ3n) is 4.04. The molecule has 2 aromatic rings. The minimum atomic E-state index is -0.425. The Morgan fingerprint density at radius 3 is 2.35 bits per heavy atom. The molecule has 0 aliphatic heterocycles. The van der Waals surface area contributed by atoms with Crippen LogP contribution in [-0.2, 0) is 17.8 Å². The minimum Gasteiger partial charge on any atom is -0.322 e. The van der Waals surface area contributed by atoms with Gasteiger partial charge < -0.3 is 5.32 Å². The molecule has 1 amide bonds. The Balaban J connectivity index is 1.96. The molecule has 0 aromatic heterocycles. The fourth-order valence-corrected chi connectivity index (χ4v) is 2.31. The van der Waals surface area contributed by atoms with Crippen LogP contribution in [0.2, 0.25) is 0 Å². The third-order valence-corrected chi connectivity index (χ3v) is 4.04. The van der Waals surface area contributed by atoms with Gasteiger partial charge in [0.05, 0.1) is 11.7 Å². The van der Waals surface area contributed by atoms with Gasteiger partial charge in [0, 0.05) is 6.54 Å². The largest absolute Gasteiger partial charge is 0.322 e. The van der Waals surface area contributed by atoms with E-state index in [1.54, 1.807) is 18.2 Å². The number of carbonyl (C=O) groups excluding carboxylic acids is 1. The topological polar surface area (TPSA) is 32.3 Å². The second-order valence-corrected chi connectivity index (χ2v) is 5.73. The summed E-state index contributed by atoms with van der Waals surface area (Å²) in [5.41, 5.74) is 2.65. The monoisotopic (exact) mass is 314 g/mol. The van der Waals surface area contributed by atoms with Crippen molar-refractivity contribution in [2.75, 3.05) is 12.4 Å². The molecule has 0 bridgehead atoms. The molecule has 0 saturated carbocycles. The number of nitrogens with zero attached hydrogens (tertiary/aromatic N) is 1. The first kappa shape index (κ1) is 17.2. The Morgan fingerprint density at radius 2 is 1.74 bits per heavy atom. The highest BCUT2D eigenvalue weighted by atomic mass is 19.1. The van der Waals surface area contributed by atoms with Crippen LogP contribution < -0.4 is 5.32 Å². The summed E-state index contributed by atoms with van der Waals surface area (Å²) in [6, 6.07) is 14.2. The lowest BCUT2D eigenvalue weighted by molar-refractivity contribution is -0.120. The van der Waals surface area contributed by atoms with E-state index in [4.69, 9.17) is 0 Å². The molecule has 0 unspecified atom stereocenters. The van der Waals surface area contributed by atoms with E-state index < -0.39 is 5.82 Å². The van der Waals surface area contributed by atoms with Gasteiger partial charge in [-0.1, -0.05) is 43.3 Å². The van der Waals surface area contributed by atoms with Crippen molar-refractivity contribution in [3.8, 4) is 0 Å². The van der Waals surface area contributed by atoms with E-state index in [0.717, 1.165) is 12.0 Å². The molecule has 0 saturated heterocycles. The van der Waals surface area contributed by atoms with Gasteiger partial charge in [-0.05, 0) is 43.7 Å². The predicted molar refractivity (Wildman–Crippen MR) is 91.8 cm³/mol. The Hall–Kier alpha value is -2.20. The van der Waals surface area contributed by atoms with Gasteiger partial charge in [-0.15, -0.1) is 0 Å². The van der Waals surface area contributed by atoms with Gasteiger partial charge in [-0.2, -0.15) is 0 Å². The molecular weight excluding hydrogens is 291 g/mol. The minimum absolute atomic E-state index is 0.213. The summed E-state index contributed by atoms with van der Waals surface area (Å²) in [5.74, 6) is -0.645. The van der Waals surface area contributed by atoms with E-state index in [0.29, 0.717) is 6.54 Å². The number of amides is 1. The summed E-state index contributed by atoms with van der Waals surface area (Å²) < 4.78 is 13.6. The second kappa shape index (κ2) is 7.88. The van der Waals surface area contributed by atoms with Crippen molar-refractivity contribution in [1.29, 1.82) is 0 Å². The fraction of sp³-hybridized carbons (Fsp3) is 0.316. The van der Waals surface area contributed by atoms with E-state index in [1.807, 2.05) is 18.9 Å². The number of nitrogens with one attached hydrogen (secondary N) is 1. The van der Waals surface area contributed by atoms with Crippen LogP contribution in [0.4, 0.5) is 10.1 Å². The Kier molecular flexibility index (Phi) is 5.88. The molecule has 0 heterocycles. The average molecular weight is 314 g/mol. The molecule has 3 nitrogen and oxygen atoms in total. The number of hydrogen-bond donors (Lipinski definition) is 1. The summed E-state index contributed by atoms with van der Waals surface area (Å²) in [6.07, 6.45) is 1.01. The molecule has 0 aliphatic rings. The highest BCUT2D eigenvalue weighted by Crippen LogP contribution is 2.14. The Morgan fingerprint density at radius 1 is 1.13 bits per heavy atom.